The van der Waals surface area contributed by atoms with Crippen LogP contribution in [-0.2, 0) is 9.31 Å². The zero-order valence-corrected chi connectivity index (χ0v) is 16.3. The van der Waals surface area contributed by atoms with E-state index in [4.69, 9.17) is 20.9 Å². The maximum atomic E-state index is 12.7. The van der Waals surface area contributed by atoms with Crippen molar-refractivity contribution >= 4 is 30.1 Å². The maximum Gasteiger partial charge on any atom is 0.494 e. The summed E-state index contributed by atoms with van der Waals surface area (Å²) in [5.41, 5.74) is 0.518. The lowest BCUT2D eigenvalue weighted by atomic mass is 9.79. The Morgan fingerprint density at radius 3 is 2.44 bits per heavy atom. The second-order valence-corrected chi connectivity index (χ2v) is 8.30. The third-order valence-corrected chi connectivity index (χ3v) is 5.96. The Morgan fingerprint density at radius 2 is 1.92 bits per heavy atom. The fourth-order valence-corrected chi connectivity index (χ4v) is 3.43. The largest absolute Gasteiger partial charge is 0.494 e. The van der Waals surface area contributed by atoms with E-state index in [-0.39, 0.29) is 11.9 Å². The lowest BCUT2D eigenvalue weighted by Gasteiger charge is -2.32. The van der Waals surface area contributed by atoms with Gasteiger partial charge in [-0.05, 0) is 58.3 Å². The number of likely N-dealkylation sites (N-methyl/N-ethyl adjacent to an activating group) is 1. The molecule has 0 saturated carbocycles. The molecule has 7 heteroatoms. The van der Waals surface area contributed by atoms with Gasteiger partial charge in [-0.2, -0.15) is 0 Å². The molecule has 1 aromatic carbocycles. The molecule has 2 aliphatic heterocycles. The first-order valence-electron chi connectivity index (χ1n) is 8.75. The van der Waals surface area contributed by atoms with E-state index >= 15 is 0 Å². The van der Waals surface area contributed by atoms with Crippen molar-refractivity contribution in [1.29, 1.82) is 0 Å². The predicted molar refractivity (Wildman–Crippen MR) is 101 cm³/mol. The van der Waals surface area contributed by atoms with Gasteiger partial charge in [0.2, 0.25) is 0 Å². The standard InChI is InChI=1S/C18H26BClN2O3/c1-17(2)18(3,4)25-19(24-17)12-6-7-14(15(20)10-12)16(23)22(5)13-8-9-21-11-13/h6-7,10,13,21H,8-9,11H2,1-5H3/t13-/m1/s1. The molecule has 2 heterocycles. The summed E-state index contributed by atoms with van der Waals surface area (Å²) in [5.74, 6) is -0.0563. The first kappa shape index (κ1) is 18.7. The first-order valence-corrected chi connectivity index (χ1v) is 9.13. The Hall–Kier alpha value is -1.08. The Labute approximate surface area is 155 Å². The van der Waals surface area contributed by atoms with Gasteiger partial charge < -0.3 is 19.5 Å². The van der Waals surface area contributed by atoms with Crippen molar-refractivity contribution in [3.05, 3.63) is 28.8 Å². The summed E-state index contributed by atoms with van der Waals surface area (Å²) in [6, 6.07) is 5.62. The van der Waals surface area contributed by atoms with Gasteiger partial charge in [-0.3, -0.25) is 4.79 Å². The fraction of sp³-hybridized carbons (Fsp3) is 0.611. The summed E-state index contributed by atoms with van der Waals surface area (Å²) in [6.07, 6.45) is 0.964. The summed E-state index contributed by atoms with van der Waals surface area (Å²) in [7, 11) is 1.35. The number of amides is 1. The van der Waals surface area contributed by atoms with Crippen molar-refractivity contribution in [1.82, 2.24) is 10.2 Å². The number of carbonyl (C=O) groups excluding carboxylic acids is 1. The molecule has 1 amide bonds. The van der Waals surface area contributed by atoms with Crippen LogP contribution in [-0.4, -0.2) is 55.3 Å². The lowest BCUT2D eigenvalue weighted by Crippen LogP contribution is -2.41. The fourth-order valence-electron chi connectivity index (χ4n) is 3.16. The van der Waals surface area contributed by atoms with Gasteiger partial charge in [-0.1, -0.05) is 17.7 Å². The quantitative estimate of drug-likeness (QED) is 0.834. The Kier molecular flexibility index (Phi) is 4.92. The van der Waals surface area contributed by atoms with E-state index in [1.54, 1.807) is 17.0 Å². The zero-order chi connectivity index (χ0) is 18.4. The molecule has 1 N–H and O–H groups in total. The number of carbonyl (C=O) groups is 1. The summed E-state index contributed by atoms with van der Waals surface area (Å²) >= 11 is 6.42. The smallest absolute Gasteiger partial charge is 0.399 e. The normalized spacial score (nSPS) is 24.6. The molecule has 5 nitrogen and oxygen atoms in total. The predicted octanol–water partition coefficient (Wildman–Crippen LogP) is 2.07. The van der Waals surface area contributed by atoms with Crippen molar-refractivity contribution in [2.45, 2.75) is 51.4 Å². The van der Waals surface area contributed by atoms with Crippen LogP contribution in [0.1, 0.15) is 44.5 Å². The highest BCUT2D eigenvalue weighted by Crippen LogP contribution is 2.36. The average molecular weight is 365 g/mol. The molecule has 1 atom stereocenters. The van der Waals surface area contributed by atoms with Gasteiger partial charge in [0.15, 0.2) is 0 Å². The van der Waals surface area contributed by atoms with Gasteiger partial charge in [-0.15, -0.1) is 0 Å². The Morgan fingerprint density at radius 1 is 1.28 bits per heavy atom. The number of nitrogens with zero attached hydrogens (tertiary/aromatic N) is 1. The number of hydrogen-bond acceptors (Lipinski definition) is 4. The molecule has 136 valence electrons. The van der Waals surface area contributed by atoms with Crippen molar-refractivity contribution in [2.24, 2.45) is 0 Å². The highest BCUT2D eigenvalue weighted by atomic mass is 35.5. The summed E-state index contributed by atoms with van der Waals surface area (Å²) < 4.78 is 12.1. The van der Waals surface area contributed by atoms with Gasteiger partial charge in [0, 0.05) is 19.6 Å². The molecule has 2 saturated heterocycles. The van der Waals surface area contributed by atoms with Crippen molar-refractivity contribution in [3.8, 4) is 0 Å². The van der Waals surface area contributed by atoms with E-state index in [0.717, 1.165) is 25.0 Å². The van der Waals surface area contributed by atoms with Gasteiger partial charge in [0.05, 0.1) is 21.8 Å². The van der Waals surface area contributed by atoms with Gasteiger partial charge in [0.25, 0.3) is 5.91 Å². The molecular formula is C18H26BClN2O3. The molecule has 0 aliphatic carbocycles. The van der Waals surface area contributed by atoms with E-state index in [1.165, 1.54) is 0 Å². The van der Waals surface area contributed by atoms with Crippen LogP contribution in [0.5, 0.6) is 0 Å². The SMILES string of the molecule is CN(C(=O)c1ccc(B2OC(C)(C)C(C)(C)O2)cc1Cl)[C@@H]1CCNC1. The molecule has 0 spiro atoms. The highest BCUT2D eigenvalue weighted by Gasteiger charge is 2.51. The molecule has 0 aromatic heterocycles. The molecular weight excluding hydrogens is 338 g/mol. The monoisotopic (exact) mass is 364 g/mol. The van der Waals surface area contributed by atoms with Crippen LogP contribution in [0.25, 0.3) is 0 Å². The second kappa shape index (κ2) is 6.58. The van der Waals surface area contributed by atoms with Crippen LogP contribution < -0.4 is 10.8 Å². The van der Waals surface area contributed by atoms with Gasteiger partial charge >= 0.3 is 7.12 Å². The van der Waals surface area contributed by atoms with Crippen molar-refractivity contribution in [3.63, 3.8) is 0 Å². The minimum absolute atomic E-state index is 0.0563. The molecule has 1 aromatic rings. The van der Waals surface area contributed by atoms with Crippen LogP contribution in [0.15, 0.2) is 18.2 Å². The van der Waals surface area contributed by atoms with Crippen molar-refractivity contribution < 1.29 is 14.1 Å². The van der Waals surface area contributed by atoms with Crippen LogP contribution in [0.2, 0.25) is 5.02 Å². The molecule has 2 fully saturated rings. The molecule has 0 radical (unpaired) electrons. The Balaban J connectivity index is 1.78. The lowest BCUT2D eigenvalue weighted by molar-refractivity contribution is 0.00578. The van der Waals surface area contributed by atoms with Crippen LogP contribution in [0.4, 0.5) is 0 Å². The van der Waals surface area contributed by atoms with E-state index in [2.05, 4.69) is 5.32 Å². The molecule has 0 unspecified atom stereocenters. The molecule has 2 aliphatic rings. The number of nitrogens with one attached hydrogen (secondary N) is 1. The molecule has 3 rings (SSSR count). The van der Waals surface area contributed by atoms with E-state index in [9.17, 15) is 4.79 Å². The Bertz CT molecular complexity index is 658. The zero-order valence-electron chi connectivity index (χ0n) is 15.6. The second-order valence-electron chi connectivity index (χ2n) is 7.89. The van der Waals surface area contributed by atoms with E-state index in [1.807, 2.05) is 40.8 Å². The number of halogens is 1. The molecule has 0 bridgehead atoms. The minimum Gasteiger partial charge on any atom is -0.399 e. The third kappa shape index (κ3) is 3.45. The first-order chi connectivity index (χ1) is 11.6. The van der Waals surface area contributed by atoms with Gasteiger partial charge in [-0.25, -0.2) is 0 Å². The maximum absolute atomic E-state index is 12.7. The summed E-state index contributed by atoms with van der Waals surface area (Å²) in [5, 5.41) is 3.70. The third-order valence-electron chi connectivity index (χ3n) is 5.65. The number of rotatable bonds is 3. The summed E-state index contributed by atoms with van der Waals surface area (Å²) in [6.45, 7) is 9.81. The average Bonchev–Trinajstić information content (AvgIpc) is 3.12. The summed E-state index contributed by atoms with van der Waals surface area (Å²) in [4.78, 5) is 14.5. The van der Waals surface area contributed by atoms with Crippen LogP contribution >= 0.6 is 11.6 Å². The number of hydrogen-bond donors (Lipinski definition) is 1. The molecule has 25 heavy (non-hydrogen) atoms. The topological polar surface area (TPSA) is 50.8 Å². The van der Waals surface area contributed by atoms with Crippen LogP contribution in [0, 0.1) is 0 Å². The van der Waals surface area contributed by atoms with E-state index in [0.29, 0.717) is 10.6 Å². The minimum atomic E-state index is -0.483. The number of benzene rings is 1. The van der Waals surface area contributed by atoms with Crippen LogP contribution in [0.3, 0.4) is 0 Å². The van der Waals surface area contributed by atoms with Crippen molar-refractivity contribution in [2.75, 3.05) is 20.1 Å². The van der Waals surface area contributed by atoms with Gasteiger partial charge in [0.1, 0.15) is 0 Å². The highest BCUT2D eigenvalue weighted by molar-refractivity contribution is 6.62. The van der Waals surface area contributed by atoms with E-state index < -0.39 is 18.3 Å².